The van der Waals surface area contributed by atoms with Crippen LogP contribution >= 0.6 is 0 Å². The number of carbonyl (C=O) groups excluding carboxylic acids is 1. The molecule has 7 nitrogen and oxygen atoms in total. The number of aromatic nitrogens is 1. The fraction of sp³-hybridized carbons (Fsp3) is 0.385. The van der Waals surface area contributed by atoms with Gasteiger partial charge >= 0.3 is 0 Å². The maximum atomic E-state index is 11.7. The van der Waals surface area contributed by atoms with Gasteiger partial charge in [0, 0.05) is 24.8 Å². The van der Waals surface area contributed by atoms with Crippen molar-refractivity contribution < 1.29 is 18.3 Å². The van der Waals surface area contributed by atoms with Gasteiger partial charge in [0.1, 0.15) is 12.3 Å². The van der Waals surface area contributed by atoms with E-state index < -0.39 is 15.9 Å². The number of aliphatic hydroxyl groups excluding tert-OH is 1. The van der Waals surface area contributed by atoms with Gasteiger partial charge in [-0.2, -0.15) is 0 Å². The van der Waals surface area contributed by atoms with E-state index in [1.54, 1.807) is 13.0 Å². The van der Waals surface area contributed by atoms with Gasteiger partial charge < -0.3 is 10.4 Å². The van der Waals surface area contributed by atoms with Crippen molar-refractivity contribution in [3.63, 3.8) is 0 Å². The monoisotopic (exact) mass is 311 g/mol. The summed E-state index contributed by atoms with van der Waals surface area (Å²) in [7, 11) is -3.35. The standard InChI is InChI=1S/C13H17N3O4S/c1-2-16-21(19,20)9-7-14-13(18)12-6-5-11(10-15-12)4-3-8-17/h5-6,10,16-17H,2,7-9H2,1H3,(H,14,18). The van der Waals surface area contributed by atoms with E-state index in [-0.39, 0.29) is 24.6 Å². The quantitative estimate of drug-likeness (QED) is 0.590. The van der Waals surface area contributed by atoms with Crippen LogP contribution in [0.3, 0.4) is 0 Å². The minimum atomic E-state index is -3.35. The predicted molar refractivity (Wildman–Crippen MR) is 78.0 cm³/mol. The van der Waals surface area contributed by atoms with Crippen LogP contribution in [0.5, 0.6) is 0 Å². The molecule has 0 saturated heterocycles. The molecule has 0 spiro atoms. The van der Waals surface area contributed by atoms with Crippen molar-refractivity contribution in [2.75, 3.05) is 25.4 Å². The largest absolute Gasteiger partial charge is 0.384 e. The minimum Gasteiger partial charge on any atom is -0.384 e. The highest BCUT2D eigenvalue weighted by Crippen LogP contribution is 1.98. The molecular formula is C13H17N3O4S. The van der Waals surface area contributed by atoms with Crippen molar-refractivity contribution in [1.82, 2.24) is 15.0 Å². The lowest BCUT2D eigenvalue weighted by molar-refractivity contribution is 0.0951. The first-order valence-electron chi connectivity index (χ1n) is 6.30. The van der Waals surface area contributed by atoms with Gasteiger partial charge in [-0.15, -0.1) is 0 Å². The maximum Gasteiger partial charge on any atom is 0.269 e. The molecule has 1 rings (SSSR count). The molecular weight excluding hydrogens is 294 g/mol. The third kappa shape index (κ3) is 6.35. The predicted octanol–water partition coefficient (Wildman–Crippen LogP) is -0.905. The molecule has 0 atom stereocenters. The van der Waals surface area contributed by atoms with E-state index in [1.807, 2.05) is 0 Å². The Morgan fingerprint density at radius 2 is 2.19 bits per heavy atom. The zero-order valence-electron chi connectivity index (χ0n) is 11.6. The summed E-state index contributed by atoms with van der Waals surface area (Å²) in [4.78, 5) is 15.7. The number of hydrogen-bond acceptors (Lipinski definition) is 5. The van der Waals surface area contributed by atoms with Crippen molar-refractivity contribution in [2.45, 2.75) is 6.92 Å². The SMILES string of the molecule is CCNS(=O)(=O)CCNC(=O)c1ccc(C#CCO)cn1. The van der Waals surface area contributed by atoms with E-state index in [1.165, 1.54) is 12.3 Å². The average Bonchev–Trinajstić information content (AvgIpc) is 2.45. The molecule has 1 aromatic rings. The summed E-state index contributed by atoms with van der Waals surface area (Å²) in [5, 5.41) is 11.0. The van der Waals surface area contributed by atoms with Gasteiger partial charge in [-0.3, -0.25) is 4.79 Å². The van der Waals surface area contributed by atoms with Gasteiger partial charge in [0.25, 0.3) is 5.91 Å². The molecule has 0 unspecified atom stereocenters. The minimum absolute atomic E-state index is 0.00190. The molecule has 1 aromatic heterocycles. The lowest BCUT2D eigenvalue weighted by atomic mass is 10.2. The Bertz CT molecular complexity index is 630. The molecule has 21 heavy (non-hydrogen) atoms. The zero-order valence-corrected chi connectivity index (χ0v) is 12.4. The molecule has 3 N–H and O–H groups in total. The third-order valence-electron chi connectivity index (χ3n) is 2.33. The van der Waals surface area contributed by atoms with E-state index in [2.05, 4.69) is 26.9 Å². The Morgan fingerprint density at radius 3 is 2.76 bits per heavy atom. The van der Waals surface area contributed by atoms with Gasteiger partial charge in [0.05, 0.1) is 5.75 Å². The fourth-order valence-corrected chi connectivity index (χ4v) is 2.38. The van der Waals surface area contributed by atoms with E-state index in [9.17, 15) is 13.2 Å². The highest BCUT2D eigenvalue weighted by atomic mass is 32.2. The molecule has 0 aliphatic heterocycles. The summed E-state index contributed by atoms with van der Waals surface area (Å²) in [6.07, 6.45) is 1.41. The first-order valence-corrected chi connectivity index (χ1v) is 7.95. The smallest absolute Gasteiger partial charge is 0.269 e. The summed E-state index contributed by atoms with van der Waals surface area (Å²) in [6.45, 7) is 1.75. The summed E-state index contributed by atoms with van der Waals surface area (Å²) < 4.78 is 25.1. The van der Waals surface area contributed by atoms with E-state index in [4.69, 9.17) is 5.11 Å². The summed E-state index contributed by atoms with van der Waals surface area (Å²) in [6, 6.07) is 3.08. The van der Waals surface area contributed by atoms with Crippen molar-refractivity contribution >= 4 is 15.9 Å². The topological polar surface area (TPSA) is 108 Å². The van der Waals surface area contributed by atoms with Crippen molar-refractivity contribution in [3.8, 4) is 11.8 Å². The highest BCUT2D eigenvalue weighted by Gasteiger charge is 2.11. The summed E-state index contributed by atoms with van der Waals surface area (Å²) >= 11 is 0. The van der Waals surface area contributed by atoms with Crippen LogP contribution < -0.4 is 10.0 Å². The number of aliphatic hydroxyl groups is 1. The van der Waals surface area contributed by atoms with E-state index in [0.717, 1.165) is 0 Å². The molecule has 0 aliphatic rings. The first-order chi connectivity index (χ1) is 9.98. The number of pyridine rings is 1. The van der Waals surface area contributed by atoms with Gasteiger partial charge in [-0.1, -0.05) is 18.8 Å². The lowest BCUT2D eigenvalue weighted by Crippen LogP contribution is -2.34. The Hall–Kier alpha value is -1.95. The number of sulfonamides is 1. The number of amides is 1. The lowest BCUT2D eigenvalue weighted by Gasteiger charge is -2.06. The fourth-order valence-electron chi connectivity index (χ4n) is 1.43. The molecule has 8 heteroatoms. The highest BCUT2D eigenvalue weighted by molar-refractivity contribution is 7.89. The van der Waals surface area contributed by atoms with Crippen LogP contribution in [-0.2, 0) is 10.0 Å². The summed E-state index contributed by atoms with van der Waals surface area (Å²) in [5.41, 5.74) is 0.751. The van der Waals surface area contributed by atoms with Gasteiger partial charge in [-0.05, 0) is 12.1 Å². The van der Waals surface area contributed by atoms with Crippen LogP contribution in [0.4, 0.5) is 0 Å². The van der Waals surface area contributed by atoms with Crippen LogP contribution in [0.15, 0.2) is 18.3 Å². The van der Waals surface area contributed by atoms with Gasteiger partial charge in [-0.25, -0.2) is 18.1 Å². The Kier molecular flexibility index (Phi) is 6.81. The Labute approximate surface area is 123 Å². The summed E-state index contributed by atoms with van der Waals surface area (Å²) in [5.74, 6) is 4.48. The zero-order chi connectivity index (χ0) is 15.7. The molecule has 0 aromatic carbocycles. The Morgan fingerprint density at radius 1 is 1.43 bits per heavy atom. The van der Waals surface area contributed by atoms with Crippen molar-refractivity contribution in [1.29, 1.82) is 0 Å². The van der Waals surface area contributed by atoms with Crippen LogP contribution in [0.2, 0.25) is 0 Å². The average molecular weight is 311 g/mol. The van der Waals surface area contributed by atoms with Crippen molar-refractivity contribution in [2.24, 2.45) is 0 Å². The normalized spacial score (nSPS) is 10.6. The number of carbonyl (C=O) groups is 1. The third-order valence-corrected chi connectivity index (χ3v) is 3.80. The molecule has 0 saturated carbocycles. The van der Waals surface area contributed by atoms with E-state index in [0.29, 0.717) is 12.1 Å². The molecule has 114 valence electrons. The Balaban J connectivity index is 2.53. The molecule has 0 fully saturated rings. The molecule has 1 heterocycles. The first kappa shape index (κ1) is 17.1. The van der Waals surface area contributed by atoms with Crippen molar-refractivity contribution in [3.05, 3.63) is 29.6 Å². The molecule has 0 bridgehead atoms. The van der Waals surface area contributed by atoms with Crippen LogP contribution in [0.25, 0.3) is 0 Å². The second-order valence-corrected chi connectivity index (χ2v) is 5.89. The van der Waals surface area contributed by atoms with Gasteiger partial charge in [0.15, 0.2) is 0 Å². The van der Waals surface area contributed by atoms with Crippen LogP contribution in [0, 0.1) is 11.8 Å². The molecule has 0 radical (unpaired) electrons. The second kappa shape index (κ2) is 8.36. The maximum absolute atomic E-state index is 11.7. The molecule has 0 aliphatic carbocycles. The number of nitrogens with one attached hydrogen (secondary N) is 2. The number of rotatable bonds is 6. The number of nitrogens with zero attached hydrogens (tertiary/aromatic N) is 1. The van der Waals surface area contributed by atoms with Gasteiger partial charge in [0.2, 0.25) is 10.0 Å². The van der Waals surface area contributed by atoms with E-state index >= 15 is 0 Å². The van der Waals surface area contributed by atoms with Crippen LogP contribution in [-0.4, -0.2) is 49.9 Å². The number of hydrogen-bond donors (Lipinski definition) is 3. The van der Waals surface area contributed by atoms with Crippen LogP contribution in [0.1, 0.15) is 23.0 Å². The molecule has 1 amide bonds. The second-order valence-electron chi connectivity index (χ2n) is 3.96.